The molecule has 108 valence electrons. The predicted octanol–water partition coefficient (Wildman–Crippen LogP) is 1.78. The first-order valence-electron chi connectivity index (χ1n) is 6.65. The normalized spacial score (nSPS) is 13.9. The quantitative estimate of drug-likeness (QED) is 0.749. The molecule has 5 nitrogen and oxygen atoms in total. The zero-order chi connectivity index (χ0) is 14.5. The summed E-state index contributed by atoms with van der Waals surface area (Å²) in [5, 5.41) is 8.95. The molecule has 1 aromatic carbocycles. The van der Waals surface area contributed by atoms with E-state index in [4.69, 9.17) is 11.6 Å². The van der Waals surface area contributed by atoms with Gasteiger partial charge in [0.1, 0.15) is 0 Å². The average molecular weight is 296 g/mol. The van der Waals surface area contributed by atoms with Gasteiger partial charge in [-0.25, -0.2) is 0 Å². The lowest BCUT2D eigenvalue weighted by Crippen LogP contribution is -2.23. The molecule has 3 N–H and O–H groups in total. The molecule has 0 spiro atoms. The van der Waals surface area contributed by atoms with Gasteiger partial charge in [-0.05, 0) is 31.0 Å². The molecule has 1 aliphatic carbocycles. The summed E-state index contributed by atoms with van der Waals surface area (Å²) in [6, 6.07) is 5.38. The van der Waals surface area contributed by atoms with Gasteiger partial charge >= 0.3 is 0 Å². The standard InChI is InChI=1S/C14H18ClN3O2/c1-16-14(20)9-2-5-11(15)12(8-9)18-13(19)6-7-17-10-3-4-10/h2,5,8,10,17H,3-4,6-7H2,1H3,(H,16,20)(H,18,19). The van der Waals surface area contributed by atoms with Crippen molar-refractivity contribution in [1.82, 2.24) is 10.6 Å². The first kappa shape index (κ1) is 14.8. The predicted molar refractivity (Wildman–Crippen MR) is 79.1 cm³/mol. The topological polar surface area (TPSA) is 70.2 Å². The van der Waals surface area contributed by atoms with E-state index in [-0.39, 0.29) is 11.8 Å². The van der Waals surface area contributed by atoms with Crippen LogP contribution in [0.25, 0.3) is 0 Å². The molecule has 20 heavy (non-hydrogen) atoms. The second-order valence-electron chi connectivity index (χ2n) is 4.80. The van der Waals surface area contributed by atoms with Gasteiger partial charge in [-0.3, -0.25) is 9.59 Å². The van der Waals surface area contributed by atoms with Crippen LogP contribution >= 0.6 is 11.6 Å². The van der Waals surface area contributed by atoms with Crippen LogP contribution in [0.1, 0.15) is 29.6 Å². The Labute approximate surface area is 123 Å². The zero-order valence-electron chi connectivity index (χ0n) is 11.3. The monoisotopic (exact) mass is 295 g/mol. The molecule has 0 aromatic heterocycles. The van der Waals surface area contributed by atoms with Gasteiger partial charge in [0.2, 0.25) is 5.91 Å². The van der Waals surface area contributed by atoms with Gasteiger partial charge in [-0.1, -0.05) is 11.6 Å². The number of hydrogen-bond donors (Lipinski definition) is 3. The molecule has 0 unspecified atom stereocenters. The highest BCUT2D eigenvalue weighted by molar-refractivity contribution is 6.33. The fraction of sp³-hybridized carbons (Fsp3) is 0.429. The highest BCUT2D eigenvalue weighted by Gasteiger charge is 2.20. The number of benzene rings is 1. The maximum absolute atomic E-state index is 11.8. The molecule has 2 rings (SSSR count). The number of rotatable bonds is 6. The van der Waals surface area contributed by atoms with Gasteiger partial charge in [0.05, 0.1) is 10.7 Å². The summed E-state index contributed by atoms with van der Waals surface area (Å²) in [5.41, 5.74) is 0.924. The third kappa shape index (κ3) is 4.21. The molecule has 0 radical (unpaired) electrons. The molecule has 0 atom stereocenters. The minimum Gasteiger partial charge on any atom is -0.355 e. The van der Waals surface area contributed by atoms with Crippen molar-refractivity contribution in [3.63, 3.8) is 0 Å². The summed E-state index contributed by atoms with van der Waals surface area (Å²) in [4.78, 5) is 23.3. The Morgan fingerprint density at radius 2 is 2.10 bits per heavy atom. The lowest BCUT2D eigenvalue weighted by atomic mass is 10.2. The molecule has 0 aliphatic heterocycles. The van der Waals surface area contributed by atoms with Crippen molar-refractivity contribution in [1.29, 1.82) is 0 Å². The zero-order valence-corrected chi connectivity index (χ0v) is 12.1. The van der Waals surface area contributed by atoms with E-state index < -0.39 is 0 Å². The highest BCUT2D eigenvalue weighted by atomic mass is 35.5. The molecular weight excluding hydrogens is 278 g/mol. The van der Waals surface area contributed by atoms with Crippen molar-refractivity contribution in [2.24, 2.45) is 0 Å². The molecule has 1 aliphatic rings. The van der Waals surface area contributed by atoms with Gasteiger partial charge in [-0.15, -0.1) is 0 Å². The number of halogens is 1. The first-order valence-corrected chi connectivity index (χ1v) is 7.03. The lowest BCUT2D eigenvalue weighted by molar-refractivity contribution is -0.116. The Balaban J connectivity index is 1.92. The van der Waals surface area contributed by atoms with E-state index in [1.807, 2.05) is 0 Å². The van der Waals surface area contributed by atoms with Crippen molar-refractivity contribution in [3.05, 3.63) is 28.8 Å². The van der Waals surface area contributed by atoms with Gasteiger partial charge in [0.15, 0.2) is 0 Å². The number of carbonyl (C=O) groups is 2. The number of nitrogens with one attached hydrogen (secondary N) is 3. The van der Waals surface area contributed by atoms with E-state index in [0.29, 0.717) is 35.3 Å². The molecule has 0 bridgehead atoms. The maximum Gasteiger partial charge on any atom is 0.251 e. The van der Waals surface area contributed by atoms with Crippen LogP contribution < -0.4 is 16.0 Å². The Kier molecular flexibility index (Phi) is 4.98. The van der Waals surface area contributed by atoms with E-state index in [1.165, 1.54) is 12.8 Å². The molecule has 1 aromatic rings. The number of amides is 2. The van der Waals surface area contributed by atoms with E-state index in [2.05, 4.69) is 16.0 Å². The first-order chi connectivity index (χ1) is 9.60. The van der Waals surface area contributed by atoms with Crippen molar-refractivity contribution in [3.8, 4) is 0 Å². The van der Waals surface area contributed by atoms with Gasteiger partial charge < -0.3 is 16.0 Å². The van der Waals surface area contributed by atoms with Crippen molar-refractivity contribution >= 4 is 29.1 Å². The summed E-state index contributed by atoms with van der Waals surface area (Å²) in [6.45, 7) is 0.656. The van der Waals surface area contributed by atoms with E-state index >= 15 is 0 Å². The Morgan fingerprint density at radius 3 is 2.75 bits per heavy atom. The summed E-state index contributed by atoms with van der Waals surface area (Å²) in [5.74, 6) is -0.332. The Hall–Kier alpha value is -1.59. The fourth-order valence-corrected chi connectivity index (χ4v) is 1.96. The molecular formula is C14H18ClN3O2. The van der Waals surface area contributed by atoms with Crippen LogP contribution in [0.2, 0.25) is 5.02 Å². The summed E-state index contributed by atoms with van der Waals surface area (Å²) in [6.07, 6.45) is 2.78. The largest absolute Gasteiger partial charge is 0.355 e. The van der Waals surface area contributed by atoms with Crippen LogP contribution in [0.4, 0.5) is 5.69 Å². The third-order valence-electron chi connectivity index (χ3n) is 3.09. The SMILES string of the molecule is CNC(=O)c1ccc(Cl)c(NC(=O)CCNC2CC2)c1. The fourth-order valence-electron chi connectivity index (χ4n) is 1.80. The molecule has 0 heterocycles. The van der Waals surface area contributed by atoms with Crippen LogP contribution in [-0.4, -0.2) is 31.4 Å². The molecule has 2 amide bonds. The van der Waals surface area contributed by atoms with Crippen molar-refractivity contribution < 1.29 is 9.59 Å². The summed E-state index contributed by atoms with van der Waals surface area (Å²) >= 11 is 6.02. The van der Waals surface area contributed by atoms with E-state index in [1.54, 1.807) is 25.2 Å². The lowest BCUT2D eigenvalue weighted by Gasteiger charge is -2.09. The average Bonchev–Trinajstić information content (AvgIpc) is 3.24. The van der Waals surface area contributed by atoms with Gasteiger partial charge in [-0.2, -0.15) is 0 Å². The Morgan fingerprint density at radius 1 is 1.35 bits per heavy atom. The van der Waals surface area contributed by atoms with Gasteiger partial charge in [0.25, 0.3) is 5.91 Å². The van der Waals surface area contributed by atoms with Crippen LogP contribution in [-0.2, 0) is 4.79 Å². The van der Waals surface area contributed by atoms with E-state index in [9.17, 15) is 9.59 Å². The van der Waals surface area contributed by atoms with Crippen LogP contribution in [0.3, 0.4) is 0 Å². The summed E-state index contributed by atoms with van der Waals surface area (Å²) in [7, 11) is 1.55. The summed E-state index contributed by atoms with van der Waals surface area (Å²) < 4.78 is 0. The highest BCUT2D eigenvalue weighted by Crippen LogP contribution is 2.23. The number of hydrogen-bond acceptors (Lipinski definition) is 3. The van der Waals surface area contributed by atoms with Crippen molar-refractivity contribution in [2.45, 2.75) is 25.3 Å². The second kappa shape index (κ2) is 6.72. The van der Waals surface area contributed by atoms with Crippen LogP contribution in [0.15, 0.2) is 18.2 Å². The smallest absolute Gasteiger partial charge is 0.251 e. The molecule has 0 saturated heterocycles. The van der Waals surface area contributed by atoms with Crippen molar-refractivity contribution in [2.75, 3.05) is 18.9 Å². The Bertz CT molecular complexity index is 515. The molecule has 6 heteroatoms. The van der Waals surface area contributed by atoms with Crippen LogP contribution in [0, 0.1) is 0 Å². The van der Waals surface area contributed by atoms with Gasteiger partial charge in [0, 0.05) is 31.6 Å². The number of anilines is 1. The van der Waals surface area contributed by atoms with Crippen LogP contribution in [0.5, 0.6) is 0 Å². The molecule has 1 saturated carbocycles. The minimum atomic E-state index is -0.215. The third-order valence-corrected chi connectivity index (χ3v) is 3.42. The molecule has 1 fully saturated rings. The van der Waals surface area contributed by atoms with E-state index in [0.717, 1.165) is 0 Å². The minimum absolute atomic E-state index is 0.117. The second-order valence-corrected chi connectivity index (χ2v) is 5.21. The number of carbonyl (C=O) groups excluding carboxylic acids is 2. The maximum atomic E-state index is 11.8.